The third-order valence-electron chi connectivity index (χ3n) is 3.59. The highest BCUT2D eigenvalue weighted by molar-refractivity contribution is 5.46. The van der Waals surface area contributed by atoms with Gasteiger partial charge in [-0.05, 0) is 56.2 Å². The predicted molar refractivity (Wildman–Crippen MR) is 75.3 cm³/mol. The summed E-state index contributed by atoms with van der Waals surface area (Å²) in [7, 11) is 0. The van der Waals surface area contributed by atoms with Gasteiger partial charge in [-0.2, -0.15) is 0 Å². The molecule has 1 nitrogen and oxygen atoms in total. The van der Waals surface area contributed by atoms with Crippen molar-refractivity contribution in [2.45, 2.75) is 33.6 Å². The number of anilines is 1. The fourth-order valence-electron chi connectivity index (χ4n) is 2.86. The first-order valence-corrected chi connectivity index (χ1v) is 6.72. The molecule has 0 heterocycles. The van der Waals surface area contributed by atoms with Crippen molar-refractivity contribution in [2.75, 3.05) is 11.9 Å². The molecule has 0 aromatic heterocycles. The zero-order chi connectivity index (χ0) is 13.1. The molecule has 1 aromatic carbocycles. The summed E-state index contributed by atoms with van der Waals surface area (Å²) in [6, 6.07) is 5.36. The molecule has 2 heteroatoms. The Hall–Kier alpha value is -1.31. The van der Waals surface area contributed by atoms with Crippen molar-refractivity contribution >= 4 is 5.69 Å². The molecule has 18 heavy (non-hydrogen) atoms. The Morgan fingerprint density at radius 1 is 1.33 bits per heavy atom. The fraction of sp³-hybridized carbons (Fsp3) is 0.500. The van der Waals surface area contributed by atoms with E-state index in [2.05, 4.69) is 25.2 Å². The maximum Gasteiger partial charge on any atom is 0.146 e. The van der Waals surface area contributed by atoms with Crippen LogP contribution < -0.4 is 5.32 Å². The summed E-state index contributed by atoms with van der Waals surface area (Å²) in [5.41, 5.74) is 3.05. The van der Waals surface area contributed by atoms with Gasteiger partial charge in [-0.1, -0.05) is 24.6 Å². The van der Waals surface area contributed by atoms with Crippen LogP contribution in [-0.4, -0.2) is 6.54 Å². The Labute approximate surface area is 109 Å². The van der Waals surface area contributed by atoms with Crippen molar-refractivity contribution in [3.63, 3.8) is 0 Å². The monoisotopic (exact) mass is 247 g/mol. The number of benzene rings is 1. The van der Waals surface area contributed by atoms with Crippen LogP contribution in [-0.2, 0) is 0 Å². The highest BCUT2D eigenvalue weighted by Crippen LogP contribution is 2.28. The van der Waals surface area contributed by atoms with Gasteiger partial charge in [0.05, 0.1) is 5.69 Å². The van der Waals surface area contributed by atoms with Gasteiger partial charge in [0, 0.05) is 6.54 Å². The number of hydrogen-bond acceptors (Lipinski definition) is 1. The van der Waals surface area contributed by atoms with E-state index < -0.39 is 0 Å². The minimum Gasteiger partial charge on any atom is -0.382 e. The Morgan fingerprint density at radius 2 is 2.11 bits per heavy atom. The number of aryl methyl sites for hydroxylation is 1. The molecule has 1 aliphatic rings. The van der Waals surface area contributed by atoms with Gasteiger partial charge in [-0.15, -0.1) is 0 Å². The summed E-state index contributed by atoms with van der Waals surface area (Å²) in [4.78, 5) is 0. The van der Waals surface area contributed by atoms with Gasteiger partial charge < -0.3 is 5.32 Å². The van der Waals surface area contributed by atoms with Crippen LogP contribution in [0.5, 0.6) is 0 Å². The number of rotatable bonds is 3. The van der Waals surface area contributed by atoms with Crippen LogP contribution in [0.2, 0.25) is 0 Å². The van der Waals surface area contributed by atoms with Crippen molar-refractivity contribution in [2.24, 2.45) is 11.8 Å². The molecule has 0 saturated heterocycles. The molecule has 0 saturated carbocycles. The molecular formula is C16H22FN. The molecule has 0 radical (unpaired) electrons. The van der Waals surface area contributed by atoms with Gasteiger partial charge in [0.2, 0.25) is 0 Å². The lowest BCUT2D eigenvalue weighted by molar-refractivity contribution is 0.420. The minimum atomic E-state index is -0.147. The van der Waals surface area contributed by atoms with Gasteiger partial charge in [0.15, 0.2) is 0 Å². The molecule has 0 fully saturated rings. The second-order valence-electron chi connectivity index (χ2n) is 5.66. The number of halogens is 1. The first-order chi connectivity index (χ1) is 8.54. The van der Waals surface area contributed by atoms with E-state index in [0.29, 0.717) is 17.5 Å². The Bertz CT molecular complexity index is 450. The van der Waals surface area contributed by atoms with Crippen molar-refractivity contribution in [3.05, 3.63) is 41.2 Å². The van der Waals surface area contributed by atoms with Gasteiger partial charge in [0.1, 0.15) is 5.82 Å². The van der Waals surface area contributed by atoms with E-state index in [1.807, 2.05) is 19.1 Å². The van der Waals surface area contributed by atoms with E-state index >= 15 is 0 Å². The van der Waals surface area contributed by atoms with Crippen molar-refractivity contribution in [1.29, 1.82) is 0 Å². The third-order valence-corrected chi connectivity index (χ3v) is 3.59. The first-order valence-electron chi connectivity index (χ1n) is 6.72. The lowest BCUT2D eigenvalue weighted by Crippen LogP contribution is -2.20. The molecule has 0 spiro atoms. The molecule has 1 aromatic rings. The largest absolute Gasteiger partial charge is 0.382 e. The summed E-state index contributed by atoms with van der Waals surface area (Å²) in [5, 5.41) is 3.25. The lowest BCUT2D eigenvalue weighted by atomic mass is 9.84. The van der Waals surface area contributed by atoms with Crippen molar-refractivity contribution in [3.8, 4) is 0 Å². The molecule has 2 atom stereocenters. The smallest absolute Gasteiger partial charge is 0.146 e. The maximum atomic E-state index is 13.7. The van der Waals surface area contributed by atoms with Crippen molar-refractivity contribution in [1.82, 2.24) is 0 Å². The standard InChI is InChI=1S/C16H22FN/c1-11-4-5-16(15(17)9-11)18-10-14-7-12(2)6-13(3)8-14/h4-6,9,12,14,18H,7-8,10H2,1-3H3. The van der Waals surface area contributed by atoms with Crippen LogP contribution in [0.4, 0.5) is 10.1 Å². The molecular weight excluding hydrogens is 225 g/mol. The Kier molecular flexibility index (Phi) is 4.05. The van der Waals surface area contributed by atoms with E-state index in [4.69, 9.17) is 0 Å². The van der Waals surface area contributed by atoms with E-state index in [1.54, 1.807) is 6.07 Å². The molecule has 98 valence electrons. The van der Waals surface area contributed by atoms with Crippen LogP contribution >= 0.6 is 0 Å². The molecule has 1 N–H and O–H groups in total. The van der Waals surface area contributed by atoms with Crippen LogP contribution in [0.1, 0.15) is 32.3 Å². The maximum absolute atomic E-state index is 13.7. The van der Waals surface area contributed by atoms with Gasteiger partial charge in [-0.3, -0.25) is 0 Å². The van der Waals surface area contributed by atoms with Crippen LogP contribution in [0, 0.1) is 24.6 Å². The summed E-state index contributed by atoms with van der Waals surface area (Å²) in [5.74, 6) is 1.12. The predicted octanol–water partition coefficient (Wildman–Crippen LogP) is 4.54. The molecule has 0 amide bonds. The molecule has 2 rings (SSSR count). The zero-order valence-corrected chi connectivity index (χ0v) is 11.5. The number of hydrogen-bond donors (Lipinski definition) is 1. The quantitative estimate of drug-likeness (QED) is 0.773. The average molecular weight is 247 g/mol. The number of nitrogens with one attached hydrogen (secondary N) is 1. The van der Waals surface area contributed by atoms with Gasteiger partial charge in [0.25, 0.3) is 0 Å². The zero-order valence-electron chi connectivity index (χ0n) is 11.5. The minimum absolute atomic E-state index is 0.147. The van der Waals surface area contributed by atoms with Crippen LogP contribution in [0.3, 0.4) is 0 Å². The van der Waals surface area contributed by atoms with Crippen molar-refractivity contribution < 1.29 is 4.39 Å². The van der Waals surface area contributed by atoms with E-state index in [-0.39, 0.29) is 5.82 Å². The van der Waals surface area contributed by atoms with Gasteiger partial charge >= 0.3 is 0 Å². The Morgan fingerprint density at radius 3 is 2.78 bits per heavy atom. The lowest BCUT2D eigenvalue weighted by Gasteiger charge is -2.26. The molecule has 2 unspecified atom stereocenters. The highest BCUT2D eigenvalue weighted by Gasteiger charge is 2.18. The summed E-state index contributed by atoms with van der Waals surface area (Å²) < 4.78 is 13.7. The third kappa shape index (κ3) is 3.34. The molecule has 0 bridgehead atoms. The number of allylic oxidation sites excluding steroid dienone is 2. The first kappa shape index (κ1) is 13.1. The Balaban J connectivity index is 1.94. The molecule has 0 aliphatic heterocycles. The normalized spacial score (nSPS) is 23.7. The topological polar surface area (TPSA) is 12.0 Å². The van der Waals surface area contributed by atoms with E-state index in [0.717, 1.165) is 18.5 Å². The van der Waals surface area contributed by atoms with E-state index in [1.165, 1.54) is 12.0 Å². The summed E-state index contributed by atoms with van der Waals surface area (Å²) >= 11 is 0. The molecule has 1 aliphatic carbocycles. The SMILES string of the molecule is CC1=CC(C)CC(CNc2ccc(C)cc2F)C1. The van der Waals surface area contributed by atoms with Crippen LogP contribution in [0.25, 0.3) is 0 Å². The van der Waals surface area contributed by atoms with Gasteiger partial charge in [-0.25, -0.2) is 4.39 Å². The summed E-state index contributed by atoms with van der Waals surface area (Å²) in [6.45, 7) is 7.20. The average Bonchev–Trinajstić information content (AvgIpc) is 2.26. The van der Waals surface area contributed by atoms with Crippen LogP contribution in [0.15, 0.2) is 29.8 Å². The second-order valence-corrected chi connectivity index (χ2v) is 5.66. The highest BCUT2D eigenvalue weighted by atomic mass is 19.1. The van der Waals surface area contributed by atoms with E-state index in [9.17, 15) is 4.39 Å². The second kappa shape index (κ2) is 5.55. The fourth-order valence-corrected chi connectivity index (χ4v) is 2.86. The summed E-state index contributed by atoms with van der Waals surface area (Å²) in [6.07, 6.45) is 4.67.